The van der Waals surface area contributed by atoms with Crippen LogP contribution in [0.4, 0.5) is 5.69 Å². The number of anilines is 1. The third-order valence-corrected chi connectivity index (χ3v) is 5.92. The van der Waals surface area contributed by atoms with E-state index in [0.29, 0.717) is 24.6 Å². The van der Waals surface area contributed by atoms with E-state index in [2.05, 4.69) is 41.9 Å². The highest BCUT2D eigenvalue weighted by molar-refractivity contribution is 5.98. The van der Waals surface area contributed by atoms with Crippen LogP contribution in [0.1, 0.15) is 48.1 Å². The van der Waals surface area contributed by atoms with Crippen LogP contribution in [0.3, 0.4) is 0 Å². The van der Waals surface area contributed by atoms with E-state index >= 15 is 0 Å². The zero-order chi connectivity index (χ0) is 22.5. The predicted molar refractivity (Wildman–Crippen MR) is 127 cm³/mol. The van der Waals surface area contributed by atoms with Gasteiger partial charge >= 0.3 is 0 Å². The van der Waals surface area contributed by atoms with Crippen molar-refractivity contribution < 1.29 is 9.59 Å². The molecule has 0 bridgehead atoms. The Morgan fingerprint density at radius 3 is 2.19 bits per heavy atom. The first-order chi connectivity index (χ1) is 15.5. The van der Waals surface area contributed by atoms with Gasteiger partial charge in [0, 0.05) is 12.2 Å². The molecule has 32 heavy (non-hydrogen) atoms. The van der Waals surface area contributed by atoms with Crippen LogP contribution in [0.25, 0.3) is 0 Å². The third kappa shape index (κ3) is 5.06. The fraction of sp³-hybridized carbons (Fsp3) is 0.259. The fourth-order valence-corrected chi connectivity index (χ4v) is 3.99. The lowest BCUT2D eigenvalue weighted by Gasteiger charge is -2.27. The summed E-state index contributed by atoms with van der Waals surface area (Å²) in [6.07, 6.45) is 0.599. The van der Waals surface area contributed by atoms with Crippen molar-refractivity contribution in [3.8, 4) is 0 Å². The summed E-state index contributed by atoms with van der Waals surface area (Å²) in [7, 11) is 0. The second-order valence-corrected chi connectivity index (χ2v) is 8.52. The molecule has 3 aromatic rings. The monoisotopic (exact) mass is 427 g/mol. The Kier molecular flexibility index (Phi) is 6.66. The molecule has 0 radical (unpaired) electrons. The van der Waals surface area contributed by atoms with Crippen molar-refractivity contribution in [2.75, 3.05) is 5.32 Å². The van der Waals surface area contributed by atoms with E-state index in [1.807, 2.05) is 66.7 Å². The van der Waals surface area contributed by atoms with E-state index < -0.39 is 6.04 Å². The Labute approximate surface area is 189 Å². The summed E-state index contributed by atoms with van der Waals surface area (Å²) in [6, 6.07) is 24.1. The SMILES string of the molecule is CC(C)c1ccc(NC(=O)[C@H](NC(=O)[C@@H]2Cc3ccccc3CN2)c2ccccc2)cc1. The molecule has 0 unspecified atom stereocenters. The second kappa shape index (κ2) is 9.79. The molecule has 1 heterocycles. The van der Waals surface area contributed by atoms with Crippen molar-refractivity contribution in [2.24, 2.45) is 0 Å². The van der Waals surface area contributed by atoms with Crippen molar-refractivity contribution in [1.29, 1.82) is 0 Å². The van der Waals surface area contributed by atoms with Crippen LogP contribution in [0.15, 0.2) is 78.9 Å². The molecule has 0 saturated heterocycles. The van der Waals surface area contributed by atoms with Gasteiger partial charge < -0.3 is 16.0 Å². The van der Waals surface area contributed by atoms with Gasteiger partial charge in [-0.15, -0.1) is 0 Å². The molecule has 0 aromatic heterocycles. The van der Waals surface area contributed by atoms with Gasteiger partial charge in [-0.1, -0.05) is 80.6 Å². The molecular formula is C27H29N3O2. The molecule has 5 heteroatoms. The molecule has 3 N–H and O–H groups in total. The number of rotatable bonds is 6. The smallest absolute Gasteiger partial charge is 0.251 e. The minimum atomic E-state index is -0.785. The third-order valence-electron chi connectivity index (χ3n) is 5.92. The van der Waals surface area contributed by atoms with Gasteiger partial charge in [-0.25, -0.2) is 0 Å². The van der Waals surface area contributed by atoms with Gasteiger partial charge in [-0.05, 0) is 46.7 Å². The van der Waals surface area contributed by atoms with Crippen LogP contribution in [0.2, 0.25) is 0 Å². The lowest BCUT2D eigenvalue weighted by atomic mass is 9.95. The van der Waals surface area contributed by atoms with Gasteiger partial charge in [0.25, 0.3) is 5.91 Å². The number of hydrogen-bond donors (Lipinski definition) is 3. The zero-order valence-electron chi connectivity index (χ0n) is 18.5. The van der Waals surface area contributed by atoms with Crippen LogP contribution in [-0.2, 0) is 22.6 Å². The summed E-state index contributed by atoms with van der Waals surface area (Å²) in [5, 5.41) is 9.22. The van der Waals surface area contributed by atoms with Crippen molar-refractivity contribution in [2.45, 2.75) is 44.8 Å². The topological polar surface area (TPSA) is 70.2 Å². The average Bonchev–Trinajstić information content (AvgIpc) is 2.83. The van der Waals surface area contributed by atoms with E-state index in [1.165, 1.54) is 11.1 Å². The molecule has 0 fully saturated rings. The Hall–Kier alpha value is -3.44. The molecule has 0 spiro atoms. The van der Waals surface area contributed by atoms with E-state index in [0.717, 1.165) is 11.1 Å². The van der Waals surface area contributed by atoms with E-state index in [1.54, 1.807) is 0 Å². The summed E-state index contributed by atoms with van der Waals surface area (Å²) < 4.78 is 0. The van der Waals surface area contributed by atoms with Gasteiger partial charge in [0.05, 0.1) is 6.04 Å². The van der Waals surface area contributed by atoms with Crippen LogP contribution in [0.5, 0.6) is 0 Å². The maximum Gasteiger partial charge on any atom is 0.251 e. The first-order valence-electron chi connectivity index (χ1n) is 11.1. The molecule has 1 aliphatic rings. The van der Waals surface area contributed by atoms with Gasteiger partial charge in [-0.3, -0.25) is 9.59 Å². The summed E-state index contributed by atoms with van der Waals surface area (Å²) in [4.78, 5) is 26.3. The van der Waals surface area contributed by atoms with Gasteiger partial charge in [-0.2, -0.15) is 0 Å². The molecule has 164 valence electrons. The maximum atomic E-state index is 13.2. The van der Waals surface area contributed by atoms with Crippen molar-refractivity contribution in [1.82, 2.24) is 10.6 Å². The molecule has 2 atom stereocenters. The van der Waals surface area contributed by atoms with Crippen LogP contribution < -0.4 is 16.0 Å². The Morgan fingerprint density at radius 2 is 1.50 bits per heavy atom. The fourth-order valence-electron chi connectivity index (χ4n) is 3.99. The minimum absolute atomic E-state index is 0.182. The molecule has 3 aromatic carbocycles. The Morgan fingerprint density at radius 1 is 0.844 bits per heavy atom. The number of hydrogen-bond acceptors (Lipinski definition) is 3. The number of fused-ring (bicyclic) bond motifs is 1. The van der Waals surface area contributed by atoms with Gasteiger partial charge in [0.15, 0.2) is 0 Å². The molecule has 1 aliphatic heterocycles. The second-order valence-electron chi connectivity index (χ2n) is 8.52. The minimum Gasteiger partial charge on any atom is -0.339 e. The van der Waals surface area contributed by atoms with E-state index in [4.69, 9.17) is 0 Å². The largest absolute Gasteiger partial charge is 0.339 e. The Bertz CT molecular complexity index is 1080. The van der Waals surface area contributed by atoms with Crippen molar-refractivity contribution >= 4 is 17.5 Å². The van der Waals surface area contributed by atoms with Crippen LogP contribution in [-0.4, -0.2) is 17.9 Å². The van der Waals surface area contributed by atoms with E-state index in [-0.39, 0.29) is 17.9 Å². The first kappa shape index (κ1) is 21.8. The molecule has 0 saturated carbocycles. The number of carbonyl (C=O) groups is 2. The number of nitrogens with one attached hydrogen (secondary N) is 3. The Balaban J connectivity index is 1.49. The molecule has 0 aliphatic carbocycles. The van der Waals surface area contributed by atoms with Gasteiger partial charge in [0.2, 0.25) is 5.91 Å². The summed E-state index contributed by atoms with van der Waals surface area (Å²) >= 11 is 0. The highest BCUT2D eigenvalue weighted by Crippen LogP contribution is 2.21. The quantitative estimate of drug-likeness (QED) is 0.549. The standard InChI is InChI=1S/C27H29N3O2/c1-18(2)19-12-14-23(15-13-19)29-27(32)25(20-8-4-3-5-9-20)30-26(31)24-16-21-10-6-7-11-22(21)17-28-24/h3-15,18,24-25,28H,16-17H2,1-2H3,(H,29,32)(H,30,31)/t24-,25+/m0/s1. The normalized spacial score (nSPS) is 16.2. The summed E-state index contributed by atoms with van der Waals surface area (Å²) in [5.74, 6) is -0.0269. The maximum absolute atomic E-state index is 13.2. The number of carbonyl (C=O) groups excluding carboxylic acids is 2. The molecular weight excluding hydrogens is 398 g/mol. The first-order valence-corrected chi connectivity index (χ1v) is 11.1. The molecule has 2 amide bonds. The molecule has 4 rings (SSSR count). The zero-order valence-corrected chi connectivity index (χ0v) is 18.5. The highest BCUT2D eigenvalue weighted by Gasteiger charge is 2.29. The lowest BCUT2D eigenvalue weighted by Crippen LogP contribution is -2.50. The molecule has 5 nitrogen and oxygen atoms in total. The average molecular weight is 428 g/mol. The van der Waals surface area contributed by atoms with Gasteiger partial charge in [0.1, 0.15) is 6.04 Å². The number of benzene rings is 3. The predicted octanol–water partition coefficient (Wildman–Crippen LogP) is 4.32. The summed E-state index contributed by atoms with van der Waals surface area (Å²) in [5.41, 5.74) is 5.03. The highest BCUT2D eigenvalue weighted by atomic mass is 16.2. The lowest BCUT2D eigenvalue weighted by molar-refractivity contribution is -0.128. The summed E-state index contributed by atoms with van der Waals surface area (Å²) in [6.45, 7) is 4.90. The van der Waals surface area contributed by atoms with E-state index in [9.17, 15) is 9.59 Å². The van der Waals surface area contributed by atoms with Crippen LogP contribution >= 0.6 is 0 Å². The van der Waals surface area contributed by atoms with Crippen molar-refractivity contribution in [3.05, 3.63) is 101 Å². The van der Waals surface area contributed by atoms with Crippen molar-refractivity contribution in [3.63, 3.8) is 0 Å². The number of amides is 2. The van der Waals surface area contributed by atoms with Crippen LogP contribution in [0, 0.1) is 0 Å².